The Labute approximate surface area is 90.7 Å². The number of aryl methyl sites for hydroxylation is 1. The molecule has 1 rings (SSSR count). The van der Waals surface area contributed by atoms with Gasteiger partial charge in [-0.2, -0.15) is 0 Å². The second kappa shape index (κ2) is 5.39. The van der Waals surface area contributed by atoms with Crippen molar-refractivity contribution < 1.29 is 9.53 Å². The summed E-state index contributed by atoms with van der Waals surface area (Å²) in [7, 11) is 5.63. The summed E-state index contributed by atoms with van der Waals surface area (Å²) in [4.78, 5) is 12.4. The molecule has 1 aromatic carbocycles. The number of hydrogen-bond donors (Lipinski definition) is 0. The zero-order valence-electron chi connectivity index (χ0n) is 9.49. The van der Waals surface area contributed by atoms with Gasteiger partial charge in [0.1, 0.15) is 12.0 Å². The van der Waals surface area contributed by atoms with Gasteiger partial charge in [-0.3, -0.25) is 0 Å². The quantitative estimate of drug-likeness (QED) is 0.690. The lowest BCUT2D eigenvalue weighted by Crippen LogP contribution is -2.09. The lowest BCUT2D eigenvalue weighted by Gasteiger charge is -2.15. The zero-order chi connectivity index (χ0) is 11.3. The van der Waals surface area contributed by atoms with E-state index in [1.54, 1.807) is 7.11 Å². The molecule has 0 saturated carbocycles. The molecule has 0 aliphatic heterocycles. The first-order chi connectivity index (χ1) is 7.19. The van der Waals surface area contributed by atoms with Crippen molar-refractivity contribution in [2.24, 2.45) is 0 Å². The van der Waals surface area contributed by atoms with E-state index in [0.29, 0.717) is 6.42 Å². The monoisotopic (exact) mass is 207 g/mol. The average molecular weight is 207 g/mol. The minimum atomic E-state index is 0.535. The third kappa shape index (κ3) is 2.98. The van der Waals surface area contributed by atoms with E-state index in [9.17, 15) is 4.79 Å². The molecule has 0 amide bonds. The third-order valence-corrected chi connectivity index (χ3v) is 2.31. The van der Waals surface area contributed by atoms with Gasteiger partial charge in [-0.05, 0) is 30.2 Å². The van der Waals surface area contributed by atoms with Gasteiger partial charge in [0.2, 0.25) is 0 Å². The minimum Gasteiger partial charge on any atom is -0.496 e. The van der Waals surface area contributed by atoms with Crippen LogP contribution in [0.5, 0.6) is 5.75 Å². The first-order valence-electron chi connectivity index (χ1n) is 4.97. The number of methoxy groups -OCH3 is 1. The fraction of sp³-hybridized carbons (Fsp3) is 0.417. The fourth-order valence-electron chi connectivity index (χ4n) is 1.45. The summed E-state index contributed by atoms with van der Waals surface area (Å²) in [5.41, 5.74) is 2.20. The van der Waals surface area contributed by atoms with E-state index in [-0.39, 0.29) is 0 Å². The van der Waals surface area contributed by atoms with E-state index in [4.69, 9.17) is 4.74 Å². The highest BCUT2D eigenvalue weighted by atomic mass is 16.5. The molecule has 0 saturated heterocycles. The molecule has 0 fully saturated rings. The molecule has 0 unspecified atom stereocenters. The second-order valence-corrected chi connectivity index (χ2v) is 3.60. The summed E-state index contributed by atoms with van der Waals surface area (Å²) >= 11 is 0. The van der Waals surface area contributed by atoms with Crippen LogP contribution in [-0.4, -0.2) is 27.5 Å². The molecule has 0 heterocycles. The first-order valence-corrected chi connectivity index (χ1v) is 4.97. The van der Waals surface area contributed by atoms with Crippen molar-refractivity contribution in [3.8, 4) is 5.75 Å². The molecule has 82 valence electrons. The molecule has 0 radical (unpaired) electrons. The summed E-state index contributed by atoms with van der Waals surface area (Å²) in [6.07, 6.45) is 2.20. The Bertz CT molecular complexity index is 334. The second-order valence-electron chi connectivity index (χ2n) is 3.60. The van der Waals surface area contributed by atoms with Crippen molar-refractivity contribution in [2.75, 3.05) is 26.1 Å². The van der Waals surface area contributed by atoms with Crippen LogP contribution >= 0.6 is 0 Å². The fourth-order valence-corrected chi connectivity index (χ4v) is 1.45. The smallest absolute Gasteiger partial charge is 0.122 e. The summed E-state index contributed by atoms with van der Waals surface area (Å²) in [5, 5.41) is 0. The van der Waals surface area contributed by atoms with Crippen molar-refractivity contribution in [3.63, 3.8) is 0 Å². The Hall–Kier alpha value is -1.51. The van der Waals surface area contributed by atoms with Crippen LogP contribution in [0.25, 0.3) is 0 Å². The van der Waals surface area contributed by atoms with E-state index >= 15 is 0 Å². The highest BCUT2D eigenvalue weighted by Crippen LogP contribution is 2.24. The number of nitrogens with zero attached hydrogens (tertiary/aromatic N) is 1. The van der Waals surface area contributed by atoms with E-state index in [1.807, 2.05) is 31.1 Å². The van der Waals surface area contributed by atoms with Gasteiger partial charge in [-0.25, -0.2) is 0 Å². The first kappa shape index (κ1) is 11.6. The summed E-state index contributed by atoms with van der Waals surface area (Å²) in [5.74, 6) is 0.849. The highest BCUT2D eigenvalue weighted by molar-refractivity contribution is 5.55. The van der Waals surface area contributed by atoms with E-state index in [1.165, 1.54) is 0 Å². The van der Waals surface area contributed by atoms with Crippen LogP contribution in [0.15, 0.2) is 18.2 Å². The lowest BCUT2D eigenvalue weighted by atomic mass is 10.1. The molecular weight excluding hydrogens is 190 g/mol. The number of anilines is 1. The maximum atomic E-state index is 10.3. The average Bonchev–Trinajstić information content (AvgIpc) is 2.25. The molecule has 15 heavy (non-hydrogen) atoms. The van der Waals surface area contributed by atoms with Gasteiger partial charge in [0.25, 0.3) is 0 Å². The predicted octanol–water partition coefficient (Wildman–Crippen LogP) is 1.89. The highest BCUT2D eigenvalue weighted by Gasteiger charge is 2.05. The van der Waals surface area contributed by atoms with Crippen molar-refractivity contribution in [3.05, 3.63) is 23.8 Å². The third-order valence-electron chi connectivity index (χ3n) is 2.31. The standard InChI is InChI=1S/C12H17NO2/c1-13(2)11-6-7-12(15-3)10(9-11)5-4-8-14/h6-9H,4-5H2,1-3H3. The Kier molecular flexibility index (Phi) is 4.16. The molecule has 1 aromatic rings. The van der Waals surface area contributed by atoms with Gasteiger partial charge in [0, 0.05) is 26.2 Å². The van der Waals surface area contributed by atoms with E-state index in [0.717, 1.165) is 29.7 Å². The zero-order valence-corrected chi connectivity index (χ0v) is 9.49. The molecule has 0 aliphatic carbocycles. The number of rotatable bonds is 5. The molecular formula is C12H17NO2. The molecule has 3 heteroatoms. The lowest BCUT2D eigenvalue weighted by molar-refractivity contribution is -0.107. The summed E-state index contributed by atoms with van der Waals surface area (Å²) in [6, 6.07) is 6.00. The van der Waals surface area contributed by atoms with Crippen LogP contribution in [0.2, 0.25) is 0 Å². The largest absolute Gasteiger partial charge is 0.496 e. The van der Waals surface area contributed by atoms with Crippen molar-refractivity contribution in [1.82, 2.24) is 0 Å². The Morgan fingerprint density at radius 1 is 1.40 bits per heavy atom. The Morgan fingerprint density at radius 3 is 2.67 bits per heavy atom. The van der Waals surface area contributed by atoms with Crippen LogP contribution in [0.3, 0.4) is 0 Å². The van der Waals surface area contributed by atoms with Gasteiger partial charge < -0.3 is 14.4 Å². The number of ether oxygens (including phenoxy) is 1. The Balaban J connectivity index is 2.96. The predicted molar refractivity (Wildman–Crippen MR) is 61.7 cm³/mol. The number of hydrogen-bond acceptors (Lipinski definition) is 3. The maximum absolute atomic E-state index is 10.3. The number of carbonyl (C=O) groups excluding carboxylic acids is 1. The van der Waals surface area contributed by atoms with Crippen LogP contribution in [0.4, 0.5) is 5.69 Å². The van der Waals surface area contributed by atoms with Crippen molar-refractivity contribution in [1.29, 1.82) is 0 Å². The van der Waals surface area contributed by atoms with Crippen molar-refractivity contribution >= 4 is 12.0 Å². The maximum Gasteiger partial charge on any atom is 0.122 e. The van der Waals surface area contributed by atoms with Crippen LogP contribution in [0, 0.1) is 0 Å². The van der Waals surface area contributed by atoms with Gasteiger partial charge in [-0.15, -0.1) is 0 Å². The summed E-state index contributed by atoms with van der Waals surface area (Å²) < 4.78 is 5.24. The van der Waals surface area contributed by atoms with Crippen LogP contribution in [-0.2, 0) is 11.2 Å². The molecule has 3 nitrogen and oxygen atoms in total. The van der Waals surface area contributed by atoms with Gasteiger partial charge in [0.05, 0.1) is 7.11 Å². The van der Waals surface area contributed by atoms with E-state index < -0.39 is 0 Å². The molecule has 0 aliphatic rings. The van der Waals surface area contributed by atoms with Crippen LogP contribution in [0.1, 0.15) is 12.0 Å². The molecule has 0 bridgehead atoms. The molecule has 0 aromatic heterocycles. The molecule has 0 spiro atoms. The van der Waals surface area contributed by atoms with Gasteiger partial charge in [0.15, 0.2) is 0 Å². The SMILES string of the molecule is COc1ccc(N(C)C)cc1CCC=O. The Morgan fingerprint density at radius 2 is 2.13 bits per heavy atom. The number of carbonyl (C=O) groups is 1. The minimum absolute atomic E-state index is 0.535. The molecule has 0 atom stereocenters. The number of benzene rings is 1. The topological polar surface area (TPSA) is 29.5 Å². The number of aldehydes is 1. The van der Waals surface area contributed by atoms with Gasteiger partial charge >= 0.3 is 0 Å². The van der Waals surface area contributed by atoms with Crippen LogP contribution < -0.4 is 9.64 Å². The summed E-state index contributed by atoms with van der Waals surface area (Å²) in [6.45, 7) is 0. The van der Waals surface area contributed by atoms with E-state index in [2.05, 4.69) is 6.07 Å². The van der Waals surface area contributed by atoms with Crippen molar-refractivity contribution in [2.45, 2.75) is 12.8 Å². The molecule has 0 N–H and O–H groups in total. The van der Waals surface area contributed by atoms with Gasteiger partial charge in [-0.1, -0.05) is 0 Å². The normalized spacial score (nSPS) is 9.80.